The molecule has 0 atom stereocenters. The molecule has 1 aromatic carbocycles. The van der Waals surface area contributed by atoms with Gasteiger partial charge in [0.1, 0.15) is 0 Å². The Kier molecular flexibility index (Phi) is 5.61. The summed E-state index contributed by atoms with van der Waals surface area (Å²) in [7, 11) is 0. The Morgan fingerprint density at radius 2 is 2.17 bits per heavy atom. The standard InChI is InChI=1S/C18H21N3O2S/c1-2-8-23-13-15-6-4-3-5-14(15)11-19-17(22)10-16-12-21-7-9-24-18(21)20-16/h3-7,9,12H,2,8,10-11,13H2,1H3,(H,19,22). The van der Waals surface area contributed by atoms with Gasteiger partial charge in [-0.3, -0.25) is 9.20 Å². The predicted molar refractivity (Wildman–Crippen MR) is 95.0 cm³/mol. The van der Waals surface area contributed by atoms with Gasteiger partial charge in [0.2, 0.25) is 5.91 Å². The maximum atomic E-state index is 12.2. The van der Waals surface area contributed by atoms with E-state index < -0.39 is 0 Å². The average Bonchev–Trinajstić information content (AvgIpc) is 3.15. The lowest BCUT2D eigenvalue weighted by Gasteiger charge is -2.10. The first-order valence-corrected chi connectivity index (χ1v) is 8.96. The zero-order valence-electron chi connectivity index (χ0n) is 13.7. The van der Waals surface area contributed by atoms with E-state index in [-0.39, 0.29) is 5.91 Å². The van der Waals surface area contributed by atoms with Crippen molar-refractivity contribution in [2.75, 3.05) is 6.61 Å². The summed E-state index contributed by atoms with van der Waals surface area (Å²) in [4.78, 5) is 17.5. The molecule has 0 spiro atoms. The number of rotatable bonds is 8. The molecule has 126 valence electrons. The number of amides is 1. The van der Waals surface area contributed by atoms with Crippen molar-refractivity contribution in [2.45, 2.75) is 32.9 Å². The topological polar surface area (TPSA) is 55.6 Å². The van der Waals surface area contributed by atoms with Crippen LogP contribution in [-0.4, -0.2) is 21.9 Å². The summed E-state index contributed by atoms with van der Waals surface area (Å²) in [5.41, 5.74) is 3.00. The summed E-state index contributed by atoms with van der Waals surface area (Å²) >= 11 is 1.56. The van der Waals surface area contributed by atoms with Crippen LogP contribution in [-0.2, 0) is 29.1 Å². The van der Waals surface area contributed by atoms with Gasteiger partial charge in [0.05, 0.1) is 18.7 Å². The van der Waals surface area contributed by atoms with Crippen molar-refractivity contribution in [3.63, 3.8) is 0 Å². The molecule has 1 amide bonds. The summed E-state index contributed by atoms with van der Waals surface area (Å²) in [6.45, 7) is 3.92. The molecule has 1 N–H and O–H groups in total. The van der Waals surface area contributed by atoms with E-state index >= 15 is 0 Å². The average molecular weight is 343 g/mol. The van der Waals surface area contributed by atoms with E-state index in [4.69, 9.17) is 4.74 Å². The number of nitrogens with one attached hydrogen (secondary N) is 1. The summed E-state index contributed by atoms with van der Waals surface area (Å²) in [6, 6.07) is 8.04. The van der Waals surface area contributed by atoms with E-state index in [1.807, 2.05) is 46.4 Å². The van der Waals surface area contributed by atoms with Crippen LogP contribution in [0.25, 0.3) is 4.96 Å². The second-order valence-corrected chi connectivity index (χ2v) is 6.47. The molecule has 0 saturated heterocycles. The zero-order valence-corrected chi connectivity index (χ0v) is 14.5. The number of ether oxygens (including phenoxy) is 1. The minimum Gasteiger partial charge on any atom is -0.377 e. The highest BCUT2D eigenvalue weighted by Crippen LogP contribution is 2.12. The molecule has 2 heterocycles. The molecule has 6 heteroatoms. The van der Waals surface area contributed by atoms with Crippen LogP contribution in [0.2, 0.25) is 0 Å². The fourth-order valence-electron chi connectivity index (χ4n) is 2.48. The van der Waals surface area contributed by atoms with Crippen molar-refractivity contribution < 1.29 is 9.53 Å². The third-order valence-electron chi connectivity index (χ3n) is 3.69. The van der Waals surface area contributed by atoms with Crippen molar-refractivity contribution in [2.24, 2.45) is 0 Å². The molecule has 0 saturated carbocycles. The molecule has 0 radical (unpaired) electrons. The fourth-order valence-corrected chi connectivity index (χ4v) is 3.20. The number of hydrogen-bond acceptors (Lipinski definition) is 4. The first-order valence-electron chi connectivity index (χ1n) is 8.08. The molecular formula is C18H21N3O2S. The molecule has 0 fully saturated rings. The summed E-state index contributed by atoms with van der Waals surface area (Å²) in [5.74, 6) is -0.0231. The van der Waals surface area contributed by atoms with Gasteiger partial charge in [-0.05, 0) is 17.5 Å². The van der Waals surface area contributed by atoms with Crippen molar-refractivity contribution in [1.82, 2.24) is 14.7 Å². The number of nitrogens with zero attached hydrogens (tertiary/aromatic N) is 2. The SMILES string of the molecule is CCCOCc1ccccc1CNC(=O)Cc1cn2ccsc2n1. The molecular weight excluding hydrogens is 322 g/mol. The quantitative estimate of drug-likeness (QED) is 0.639. The molecule has 0 bridgehead atoms. The Labute approximate surface area is 145 Å². The van der Waals surface area contributed by atoms with Gasteiger partial charge >= 0.3 is 0 Å². The first-order chi connectivity index (χ1) is 11.8. The van der Waals surface area contributed by atoms with Gasteiger partial charge in [-0.25, -0.2) is 4.98 Å². The maximum Gasteiger partial charge on any atom is 0.226 e. The Morgan fingerprint density at radius 3 is 2.96 bits per heavy atom. The number of thiazole rings is 1. The monoisotopic (exact) mass is 343 g/mol. The molecule has 3 rings (SSSR count). The van der Waals surface area contributed by atoms with Crippen LogP contribution in [0.3, 0.4) is 0 Å². The van der Waals surface area contributed by atoms with E-state index in [1.165, 1.54) is 0 Å². The number of hydrogen-bond donors (Lipinski definition) is 1. The first kappa shape index (κ1) is 16.7. The largest absolute Gasteiger partial charge is 0.377 e. The third kappa shape index (κ3) is 4.21. The van der Waals surface area contributed by atoms with E-state index in [9.17, 15) is 4.79 Å². The number of carbonyl (C=O) groups excluding carboxylic acids is 1. The minimum absolute atomic E-state index is 0.0231. The van der Waals surface area contributed by atoms with Crippen LogP contribution in [0.4, 0.5) is 0 Å². The van der Waals surface area contributed by atoms with E-state index in [0.29, 0.717) is 19.6 Å². The highest BCUT2D eigenvalue weighted by atomic mass is 32.1. The maximum absolute atomic E-state index is 12.2. The van der Waals surface area contributed by atoms with Crippen LogP contribution < -0.4 is 5.32 Å². The second kappa shape index (κ2) is 8.08. The highest BCUT2D eigenvalue weighted by Gasteiger charge is 2.09. The molecule has 2 aromatic heterocycles. The summed E-state index contributed by atoms with van der Waals surface area (Å²) < 4.78 is 7.55. The smallest absolute Gasteiger partial charge is 0.226 e. The predicted octanol–water partition coefficient (Wildman–Crippen LogP) is 3.18. The summed E-state index contributed by atoms with van der Waals surface area (Å²) in [6.07, 6.45) is 5.14. The highest BCUT2D eigenvalue weighted by molar-refractivity contribution is 7.15. The molecule has 0 unspecified atom stereocenters. The van der Waals surface area contributed by atoms with Gasteiger partial charge in [0.15, 0.2) is 4.96 Å². The van der Waals surface area contributed by atoms with Gasteiger partial charge in [-0.1, -0.05) is 31.2 Å². The third-order valence-corrected chi connectivity index (χ3v) is 4.46. The van der Waals surface area contributed by atoms with Gasteiger partial charge in [0, 0.05) is 30.9 Å². The Balaban J connectivity index is 1.55. The van der Waals surface area contributed by atoms with Crippen LogP contribution in [0, 0.1) is 0 Å². The van der Waals surface area contributed by atoms with Crippen LogP contribution in [0.1, 0.15) is 30.2 Å². The minimum atomic E-state index is -0.0231. The van der Waals surface area contributed by atoms with Crippen molar-refractivity contribution in [3.8, 4) is 0 Å². The number of aromatic nitrogens is 2. The Morgan fingerprint density at radius 1 is 1.33 bits per heavy atom. The van der Waals surface area contributed by atoms with Gasteiger partial charge in [-0.2, -0.15) is 0 Å². The van der Waals surface area contributed by atoms with Gasteiger partial charge in [0.25, 0.3) is 0 Å². The van der Waals surface area contributed by atoms with Crippen molar-refractivity contribution in [1.29, 1.82) is 0 Å². The van der Waals surface area contributed by atoms with Crippen LogP contribution in [0.5, 0.6) is 0 Å². The lowest BCUT2D eigenvalue weighted by molar-refractivity contribution is -0.120. The van der Waals surface area contributed by atoms with Crippen LogP contribution in [0.15, 0.2) is 42.0 Å². The number of carbonyl (C=O) groups is 1. The molecule has 5 nitrogen and oxygen atoms in total. The summed E-state index contributed by atoms with van der Waals surface area (Å²) in [5, 5.41) is 4.95. The molecule has 0 aliphatic rings. The zero-order chi connectivity index (χ0) is 16.8. The number of fused-ring (bicyclic) bond motifs is 1. The molecule has 0 aliphatic carbocycles. The molecule has 3 aromatic rings. The van der Waals surface area contributed by atoms with Crippen LogP contribution >= 0.6 is 11.3 Å². The Hall–Kier alpha value is -2.18. The fraction of sp³-hybridized carbons (Fsp3) is 0.333. The van der Waals surface area contributed by atoms with Crippen molar-refractivity contribution >= 4 is 22.2 Å². The Bertz CT molecular complexity index is 781. The normalized spacial score (nSPS) is 11.0. The molecule has 24 heavy (non-hydrogen) atoms. The lowest BCUT2D eigenvalue weighted by atomic mass is 10.1. The molecule has 0 aliphatic heterocycles. The van der Waals surface area contributed by atoms with E-state index in [2.05, 4.69) is 17.2 Å². The van der Waals surface area contributed by atoms with Gasteiger partial charge in [-0.15, -0.1) is 11.3 Å². The second-order valence-electron chi connectivity index (χ2n) is 5.60. The number of benzene rings is 1. The van der Waals surface area contributed by atoms with Crippen molar-refractivity contribution in [3.05, 3.63) is 58.9 Å². The lowest BCUT2D eigenvalue weighted by Crippen LogP contribution is -2.25. The van der Waals surface area contributed by atoms with Gasteiger partial charge < -0.3 is 10.1 Å². The van der Waals surface area contributed by atoms with E-state index in [0.717, 1.165) is 34.8 Å². The number of imidazole rings is 1. The van der Waals surface area contributed by atoms with E-state index in [1.54, 1.807) is 11.3 Å².